The van der Waals surface area contributed by atoms with E-state index >= 15 is 0 Å². The van der Waals surface area contributed by atoms with Crippen LogP contribution in [0.2, 0.25) is 0 Å². The monoisotopic (exact) mass is 225 g/mol. The number of hydrogen-bond donors (Lipinski definition) is 1. The van der Waals surface area contributed by atoms with Crippen LogP contribution in [0.25, 0.3) is 10.6 Å². The van der Waals surface area contributed by atoms with Gasteiger partial charge in [-0.05, 0) is 13.0 Å². The lowest BCUT2D eigenvalue weighted by Gasteiger charge is -1.91. The number of nitrogens with two attached hydrogens (primary N) is 1. The highest BCUT2D eigenvalue weighted by atomic mass is 32.1. The van der Waals surface area contributed by atoms with E-state index in [0.29, 0.717) is 0 Å². The summed E-state index contributed by atoms with van der Waals surface area (Å²) in [6.07, 6.45) is 3.85. The number of nitrogens with zero attached hydrogens (tertiary/aromatic N) is 2. The van der Waals surface area contributed by atoms with Gasteiger partial charge in [0.2, 0.25) is 0 Å². The quantitative estimate of drug-likeness (QED) is 0.867. The van der Waals surface area contributed by atoms with E-state index in [1.165, 1.54) is 5.01 Å². The topological polar surface area (TPSA) is 51.8 Å². The van der Waals surface area contributed by atoms with Crippen molar-refractivity contribution in [3.63, 3.8) is 0 Å². The van der Waals surface area contributed by atoms with Crippen molar-refractivity contribution in [2.24, 2.45) is 5.73 Å². The van der Waals surface area contributed by atoms with Crippen LogP contribution in [0.15, 0.2) is 17.1 Å². The molecule has 0 atom stereocenters. The summed E-state index contributed by atoms with van der Waals surface area (Å²) in [5.41, 5.74) is 8.32. The van der Waals surface area contributed by atoms with Crippen molar-refractivity contribution in [1.29, 1.82) is 0 Å². The molecule has 2 heterocycles. The maximum atomic E-state index is 5.45. The average molecular weight is 225 g/mol. The summed E-state index contributed by atoms with van der Waals surface area (Å²) < 4.78 is 0. The molecule has 0 saturated carbocycles. The van der Waals surface area contributed by atoms with Crippen molar-refractivity contribution in [2.75, 3.05) is 6.54 Å². The van der Waals surface area contributed by atoms with Gasteiger partial charge in [0.05, 0.1) is 21.1 Å². The lowest BCUT2D eigenvalue weighted by Crippen LogP contribution is -1.99. The second kappa shape index (κ2) is 4.63. The molecule has 0 bridgehead atoms. The minimum absolute atomic E-state index is 0.732. The Hall–Kier alpha value is -0.780. The summed E-state index contributed by atoms with van der Waals surface area (Å²) in [5, 5.41) is 3.25. The van der Waals surface area contributed by atoms with E-state index in [1.807, 2.05) is 11.7 Å². The summed E-state index contributed by atoms with van der Waals surface area (Å²) in [6.45, 7) is 0.732. The molecule has 14 heavy (non-hydrogen) atoms. The molecule has 5 heteroatoms. The fraction of sp³-hybridized carbons (Fsp3) is 0.333. The van der Waals surface area contributed by atoms with Crippen LogP contribution in [-0.2, 0) is 6.42 Å². The molecule has 0 amide bonds. The van der Waals surface area contributed by atoms with Crippen molar-refractivity contribution in [1.82, 2.24) is 9.97 Å². The third-order valence-corrected chi connectivity index (χ3v) is 3.54. The Balaban J connectivity index is 2.10. The molecule has 2 aromatic rings. The van der Waals surface area contributed by atoms with Gasteiger partial charge in [-0.25, -0.2) is 4.98 Å². The summed E-state index contributed by atoms with van der Waals surface area (Å²) >= 11 is 3.32. The largest absolute Gasteiger partial charge is 0.330 e. The van der Waals surface area contributed by atoms with Crippen molar-refractivity contribution in [3.05, 3.63) is 22.1 Å². The van der Waals surface area contributed by atoms with Crippen LogP contribution in [0.4, 0.5) is 0 Å². The first kappa shape index (κ1) is 9.76. The molecule has 0 aliphatic heterocycles. The zero-order valence-electron chi connectivity index (χ0n) is 7.64. The number of aryl methyl sites for hydroxylation is 1. The van der Waals surface area contributed by atoms with E-state index in [9.17, 15) is 0 Å². The number of aromatic nitrogens is 2. The molecule has 0 spiro atoms. The Morgan fingerprint density at radius 1 is 1.36 bits per heavy atom. The predicted molar refractivity (Wildman–Crippen MR) is 60.6 cm³/mol. The van der Waals surface area contributed by atoms with Crippen molar-refractivity contribution < 1.29 is 0 Å². The van der Waals surface area contributed by atoms with E-state index in [2.05, 4.69) is 15.3 Å². The number of rotatable bonds is 4. The molecule has 2 rings (SSSR count). The van der Waals surface area contributed by atoms with Crippen LogP contribution in [0.5, 0.6) is 0 Å². The molecule has 0 radical (unpaired) electrons. The van der Waals surface area contributed by atoms with E-state index in [0.717, 1.165) is 30.0 Å². The van der Waals surface area contributed by atoms with Crippen LogP contribution < -0.4 is 5.73 Å². The van der Waals surface area contributed by atoms with Crippen molar-refractivity contribution >= 4 is 22.7 Å². The van der Waals surface area contributed by atoms with Crippen LogP contribution in [-0.4, -0.2) is 16.5 Å². The van der Waals surface area contributed by atoms with Crippen molar-refractivity contribution in [2.45, 2.75) is 12.8 Å². The molecule has 3 nitrogen and oxygen atoms in total. The van der Waals surface area contributed by atoms with Gasteiger partial charge in [0.15, 0.2) is 0 Å². The summed E-state index contributed by atoms with van der Waals surface area (Å²) in [4.78, 5) is 9.70. The highest BCUT2D eigenvalue weighted by molar-refractivity contribution is 7.14. The Morgan fingerprint density at radius 3 is 3.00 bits per heavy atom. The van der Waals surface area contributed by atoms with Crippen LogP contribution in [0.1, 0.15) is 11.4 Å². The molecule has 0 aliphatic rings. The Bertz CT molecular complexity index is 380. The minimum atomic E-state index is 0.732. The highest BCUT2D eigenvalue weighted by Crippen LogP contribution is 2.25. The van der Waals surface area contributed by atoms with E-state index in [1.54, 1.807) is 22.7 Å². The molecule has 2 N–H and O–H groups in total. The molecule has 0 saturated heterocycles. The minimum Gasteiger partial charge on any atom is -0.330 e. The molecular formula is C9H11N3S2. The van der Waals surface area contributed by atoms with Gasteiger partial charge in [0.1, 0.15) is 0 Å². The van der Waals surface area contributed by atoms with Gasteiger partial charge in [-0.3, -0.25) is 4.98 Å². The zero-order valence-corrected chi connectivity index (χ0v) is 9.27. The average Bonchev–Trinajstić information content (AvgIpc) is 2.85. The zero-order chi connectivity index (χ0) is 9.80. The maximum absolute atomic E-state index is 5.45. The normalized spacial score (nSPS) is 10.6. The summed E-state index contributed by atoms with van der Waals surface area (Å²) in [5.74, 6) is 0. The third-order valence-electron chi connectivity index (χ3n) is 1.83. The standard InChI is InChI=1S/C9H11N3S2/c10-3-1-2-9-12-7(5-13-9)8-4-11-6-14-8/h4-6H,1-3,10H2. The second-order valence-electron chi connectivity index (χ2n) is 2.88. The summed E-state index contributed by atoms with van der Waals surface area (Å²) in [7, 11) is 0. The first-order chi connectivity index (χ1) is 6.90. The van der Waals surface area contributed by atoms with E-state index in [-0.39, 0.29) is 0 Å². The Morgan fingerprint density at radius 2 is 2.29 bits per heavy atom. The van der Waals surface area contributed by atoms with Crippen LogP contribution in [0, 0.1) is 0 Å². The van der Waals surface area contributed by atoms with E-state index < -0.39 is 0 Å². The molecule has 0 fully saturated rings. The smallest absolute Gasteiger partial charge is 0.0933 e. The van der Waals surface area contributed by atoms with Gasteiger partial charge < -0.3 is 5.73 Å². The number of thiazole rings is 2. The lowest BCUT2D eigenvalue weighted by atomic mass is 10.3. The second-order valence-corrected chi connectivity index (χ2v) is 4.71. The van der Waals surface area contributed by atoms with Gasteiger partial charge >= 0.3 is 0 Å². The SMILES string of the molecule is NCCCc1nc(-c2cncs2)cs1. The molecule has 0 aromatic carbocycles. The molecular weight excluding hydrogens is 214 g/mol. The predicted octanol–water partition coefficient (Wildman–Crippen LogP) is 2.16. The van der Waals surface area contributed by atoms with Gasteiger partial charge in [0, 0.05) is 18.0 Å². The first-order valence-electron chi connectivity index (χ1n) is 4.43. The molecule has 0 unspecified atom stereocenters. The van der Waals surface area contributed by atoms with Gasteiger partial charge in [-0.1, -0.05) is 0 Å². The lowest BCUT2D eigenvalue weighted by molar-refractivity contribution is 0.827. The molecule has 2 aromatic heterocycles. The fourth-order valence-corrected chi connectivity index (χ4v) is 2.63. The Labute approximate surface area is 90.6 Å². The van der Waals surface area contributed by atoms with Gasteiger partial charge in [-0.15, -0.1) is 22.7 Å². The molecule has 0 aliphatic carbocycles. The van der Waals surface area contributed by atoms with Crippen LogP contribution in [0.3, 0.4) is 0 Å². The van der Waals surface area contributed by atoms with Gasteiger partial charge in [0.25, 0.3) is 0 Å². The fourth-order valence-electron chi connectivity index (χ4n) is 1.13. The summed E-state index contributed by atoms with van der Waals surface area (Å²) in [6, 6.07) is 0. The number of hydrogen-bond acceptors (Lipinski definition) is 5. The Kier molecular flexibility index (Phi) is 3.23. The van der Waals surface area contributed by atoms with Crippen molar-refractivity contribution in [3.8, 4) is 10.6 Å². The molecule has 74 valence electrons. The first-order valence-corrected chi connectivity index (χ1v) is 6.19. The van der Waals surface area contributed by atoms with E-state index in [4.69, 9.17) is 5.73 Å². The van der Waals surface area contributed by atoms with Crippen LogP contribution >= 0.6 is 22.7 Å². The highest BCUT2D eigenvalue weighted by Gasteiger charge is 2.04. The maximum Gasteiger partial charge on any atom is 0.0933 e. The van der Waals surface area contributed by atoms with Gasteiger partial charge in [-0.2, -0.15) is 0 Å². The third kappa shape index (κ3) is 2.17.